The number of anilines is 1. The molecule has 1 aliphatic heterocycles. The molecule has 2 aromatic carbocycles. The van der Waals surface area contributed by atoms with Crippen LogP contribution in [0.15, 0.2) is 71.1 Å². The smallest absolute Gasteiger partial charge is 0.284 e. The number of carbonyl (C=O) groups is 1. The predicted molar refractivity (Wildman–Crippen MR) is 123 cm³/mol. The molecule has 3 aromatic rings. The molecule has 1 atom stereocenters. The van der Waals surface area contributed by atoms with Crippen LogP contribution in [0.3, 0.4) is 0 Å². The molecule has 150 valence electrons. The highest BCUT2D eigenvalue weighted by atomic mass is 32.1. The molecule has 29 heavy (non-hydrogen) atoms. The molecule has 2 N–H and O–H groups in total. The number of amides is 1. The molecule has 0 radical (unpaired) electrons. The van der Waals surface area contributed by atoms with Gasteiger partial charge in [0.2, 0.25) is 0 Å². The van der Waals surface area contributed by atoms with Crippen LogP contribution >= 0.6 is 24.0 Å². The minimum Gasteiger partial charge on any atom is -0.496 e. The van der Waals surface area contributed by atoms with E-state index in [1.807, 2.05) is 66.0 Å². The molecule has 2 heterocycles. The molecule has 1 unspecified atom stereocenters. The zero-order valence-corrected chi connectivity index (χ0v) is 18.0. The number of nitrogens with zero attached hydrogens (tertiary/aromatic N) is 2. The van der Waals surface area contributed by atoms with Crippen LogP contribution < -0.4 is 10.5 Å². The van der Waals surface area contributed by atoms with Gasteiger partial charge in [0.25, 0.3) is 5.91 Å². The van der Waals surface area contributed by atoms with E-state index in [0.29, 0.717) is 17.0 Å². The molecule has 0 spiro atoms. The van der Waals surface area contributed by atoms with Gasteiger partial charge in [-0.2, -0.15) is 17.7 Å². The summed E-state index contributed by atoms with van der Waals surface area (Å²) in [5, 5.41) is 8.16. The van der Waals surface area contributed by atoms with Crippen molar-refractivity contribution in [3.63, 3.8) is 0 Å². The van der Waals surface area contributed by atoms with E-state index >= 15 is 0 Å². The average Bonchev–Trinajstić information content (AvgIpc) is 3.46. The van der Waals surface area contributed by atoms with Gasteiger partial charge < -0.3 is 10.5 Å². The zero-order chi connectivity index (χ0) is 20.8. The van der Waals surface area contributed by atoms with E-state index in [-0.39, 0.29) is 11.9 Å². The molecule has 0 saturated heterocycles. The van der Waals surface area contributed by atoms with Crippen LogP contribution in [-0.2, 0) is 0 Å². The lowest BCUT2D eigenvalue weighted by Gasteiger charge is -2.23. The third kappa shape index (κ3) is 4.46. The molecular weight excluding hydrogens is 402 g/mol. The molecule has 4 rings (SSSR count). The maximum atomic E-state index is 13.1. The summed E-state index contributed by atoms with van der Waals surface area (Å²) in [6.07, 6.45) is 2.31. The van der Waals surface area contributed by atoms with Crippen molar-refractivity contribution >= 4 is 41.3 Å². The van der Waals surface area contributed by atoms with Crippen molar-refractivity contribution in [3.8, 4) is 5.75 Å². The first kappa shape index (κ1) is 21.0. The standard InChI is InChI=1S/C21H19N3O2S.CH4S/c1-26-19-6-3-2-5-16(19)18-13-17(14-8-10-15(22)11-9-14)23-24(18)21(25)20-7-4-12-27-20;1-2/h2-12,18H,13,22H2,1H3;2H,1H3. The van der Waals surface area contributed by atoms with Crippen molar-refractivity contribution in [2.45, 2.75) is 12.5 Å². The molecule has 0 fully saturated rings. The number of benzene rings is 2. The average molecular weight is 426 g/mol. The van der Waals surface area contributed by atoms with E-state index in [2.05, 4.69) is 17.7 Å². The van der Waals surface area contributed by atoms with Crippen LogP contribution in [0.5, 0.6) is 5.75 Å². The van der Waals surface area contributed by atoms with E-state index in [9.17, 15) is 4.79 Å². The van der Waals surface area contributed by atoms with Gasteiger partial charge >= 0.3 is 0 Å². The maximum absolute atomic E-state index is 13.1. The number of nitrogens with two attached hydrogens (primary N) is 1. The van der Waals surface area contributed by atoms with Crippen molar-refractivity contribution in [1.29, 1.82) is 0 Å². The Labute approximate surface area is 180 Å². The van der Waals surface area contributed by atoms with E-state index in [0.717, 1.165) is 22.6 Å². The molecule has 5 nitrogen and oxygen atoms in total. The molecule has 1 aromatic heterocycles. The highest BCUT2D eigenvalue weighted by molar-refractivity contribution is 7.79. The van der Waals surface area contributed by atoms with E-state index in [4.69, 9.17) is 10.5 Å². The van der Waals surface area contributed by atoms with Crippen LogP contribution in [0.4, 0.5) is 5.69 Å². The molecule has 0 bridgehead atoms. The highest BCUT2D eigenvalue weighted by Gasteiger charge is 2.35. The minimum absolute atomic E-state index is 0.105. The van der Waals surface area contributed by atoms with Crippen molar-refractivity contribution in [2.75, 3.05) is 19.1 Å². The molecule has 1 aliphatic rings. The second-order valence-electron chi connectivity index (χ2n) is 6.26. The number of carbonyl (C=O) groups excluding carboxylic acids is 1. The number of ether oxygens (including phenoxy) is 1. The van der Waals surface area contributed by atoms with Gasteiger partial charge in [0.15, 0.2) is 0 Å². The molecule has 1 amide bonds. The van der Waals surface area contributed by atoms with Crippen molar-refractivity contribution in [1.82, 2.24) is 5.01 Å². The zero-order valence-electron chi connectivity index (χ0n) is 16.3. The number of para-hydroxylation sites is 1. The van der Waals surface area contributed by atoms with E-state index < -0.39 is 0 Å². The Morgan fingerprint density at radius 2 is 1.86 bits per heavy atom. The third-order valence-corrected chi connectivity index (χ3v) is 5.45. The maximum Gasteiger partial charge on any atom is 0.284 e. The van der Waals surface area contributed by atoms with Gasteiger partial charge in [0.1, 0.15) is 5.75 Å². The summed E-state index contributed by atoms with van der Waals surface area (Å²) in [7, 11) is 1.64. The first-order chi connectivity index (χ1) is 14.2. The Kier molecular flexibility index (Phi) is 6.95. The summed E-state index contributed by atoms with van der Waals surface area (Å²) < 4.78 is 5.53. The van der Waals surface area contributed by atoms with Crippen LogP contribution in [0.25, 0.3) is 0 Å². The Bertz CT molecular complexity index is 986. The second kappa shape index (κ2) is 9.62. The largest absolute Gasteiger partial charge is 0.496 e. The first-order valence-electron chi connectivity index (χ1n) is 9.05. The van der Waals surface area contributed by atoms with Crippen LogP contribution in [0, 0.1) is 0 Å². The summed E-state index contributed by atoms with van der Waals surface area (Å²) >= 11 is 4.94. The van der Waals surface area contributed by atoms with Gasteiger partial charge in [-0.25, -0.2) is 5.01 Å². The minimum atomic E-state index is -0.219. The number of thiophene rings is 1. The predicted octanol–water partition coefficient (Wildman–Crippen LogP) is 4.88. The number of hydrogen-bond acceptors (Lipinski definition) is 6. The number of thiol groups is 1. The third-order valence-electron chi connectivity index (χ3n) is 4.59. The second-order valence-corrected chi connectivity index (χ2v) is 7.21. The highest BCUT2D eigenvalue weighted by Crippen LogP contribution is 2.38. The van der Waals surface area contributed by atoms with Crippen LogP contribution in [0.2, 0.25) is 0 Å². The van der Waals surface area contributed by atoms with Crippen LogP contribution in [0.1, 0.15) is 33.3 Å². The van der Waals surface area contributed by atoms with Crippen molar-refractivity contribution in [2.24, 2.45) is 5.10 Å². The fraction of sp³-hybridized carbons (Fsp3) is 0.182. The summed E-state index contributed by atoms with van der Waals surface area (Å²) in [4.78, 5) is 13.8. The monoisotopic (exact) mass is 425 g/mol. The normalized spacial score (nSPS) is 15.3. The molecule has 7 heteroatoms. The van der Waals surface area contributed by atoms with E-state index in [1.54, 1.807) is 18.4 Å². The van der Waals surface area contributed by atoms with Gasteiger partial charge in [0.05, 0.1) is 23.7 Å². The molecular formula is C22H23N3O2S2. The number of hydrazone groups is 1. The lowest BCUT2D eigenvalue weighted by atomic mass is 9.97. The topological polar surface area (TPSA) is 67.9 Å². The van der Waals surface area contributed by atoms with Crippen molar-refractivity contribution < 1.29 is 9.53 Å². The Hall–Kier alpha value is -2.77. The van der Waals surface area contributed by atoms with Gasteiger partial charge in [-0.05, 0) is 41.5 Å². The Morgan fingerprint density at radius 3 is 2.52 bits per heavy atom. The summed E-state index contributed by atoms with van der Waals surface area (Å²) in [5.41, 5.74) is 9.27. The lowest BCUT2D eigenvalue weighted by Crippen LogP contribution is -2.26. The summed E-state index contributed by atoms with van der Waals surface area (Å²) in [6, 6.07) is 18.8. The molecule has 0 aliphatic carbocycles. The van der Waals surface area contributed by atoms with Gasteiger partial charge in [-0.3, -0.25) is 4.79 Å². The quantitative estimate of drug-likeness (QED) is 0.463. The fourth-order valence-electron chi connectivity index (χ4n) is 3.24. The van der Waals surface area contributed by atoms with Gasteiger partial charge in [0, 0.05) is 17.7 Å². The van der Waals surface area contributed by atoms with Crippen LogP contribution in [-0.4, -0.2) is 30.0 Å². The number of methoxy groups -OCH3 is 1. The molecule has 0 saturated carbocycles. The summed E-state index contributed by atoms with van der Waals surface area (Å²) in [6.45, 7) is 0. The van der Waals surface area contributed by atoms with Gasteiger partial charge in [-0.15, -0.1) is 11.3 Å². The number of rotatable bonds is 4. The van der Waals surface area contributed by atoms with E-state index in [1.165, 1.54) is 11.3 Å². The Morgan fingerprint density at radius 1 is 1.14 bits per heavy atom. The SMILES string of the molecule is COc1ccccc1C1CC(c2ccc(N)cc2)=NN1C(=O)c1cccs1.CS. The number of hydrogen-bond donors (Lipinski definition) is 2. The fourth-order valence-corrected chi connectivity index (χ4v) is 3.90. The lowest BCUT2D eigenvalue weighted by molar-refractivity contribution is 0.0714. The van der Waals surface area contributed by atoms with Gasteiger partial charge in [-0.1, -0.05) is 36.4 Å². The summed E-state index contributed by atoms with van der Waals surface area (Å²) in [5.74, 6) is 0.645. The van der Waals surface area contributed by atoms with Crippen molar-refractivity contribution in [3.05, 3.63) is 82.0 Å². The number of nitrogen functional groups attached to an aromatic ring is 1. The first-order valence-corrected chi connectivity index (χ1v) is 10.8. The Balaban J connectivity index is 0.00000117.